The summed E-state index contributed by atoms with van der Waals surface area (Å²) in [6, 6.07) is 86.1. The van der Waals surface area contributed by atoms with Crippen LogP contribution in [0, 0.1) is 0 Å². The lowest BCUT2D eigenvalue weighted by Gasteiger charge is -2.34. The zero-order valence-electron chi connectivity index (χ0n) is 33.5. The molecule has 1 heteroatoms. The maximum atomic E-state index is 2.50. The number of benzene rings is 10. The molecule has 1 aromatic heterocycles. The molecule has 1 atom stereocenters. The van der Waals surface area contributed by atoms with E-state index in [2.05, 4.69) is 235 Å². The fourth-order valence-electron chi connectivity index (χ4n) is 11.2. The quantitative estimate of drug-likeness (QED) is 0.164. The van der Waals surface area contributed by atoms with Gasteiger partial charge in [-0.2, -0.15) is 0 Å². The molecule has 11 aromatic rings. The van der Waals surface area contributed by atoms with E-state index in [9.17, 15) is 0 Å². The highest BCUT2D eigenvalue weighted by Crippen LogP contribution is 2.62. The molecule has 284 valence electrons. The lowest BCUT2D eigenvalue weighted by molar-refractivity contribution is 0.768. The SMILES string of the molecule is c1ccc(-n2c3ccccc3c3cc(-c4ccc5c(c4)-c4c(ccc6c4-c4ccccc4C6(c4ccccc4)c4ccccc4)C5c4ccc5ccccc5c4)ccc32)cc1. The second-order valence-electron chi connectivity index (χ2n) is 16.7. The molecule has 0 bridgehead atoms. The van der Waals surface area contributed by atoms with E-state index < -0.39 is 5.41 Å². The van der Waals surface area contributed by atoms with E-state index in [1.165, 1.54) is 111 Å². The molecular formula is C60H39N. The van der Waals surface area contributed by atoms with Crippen molar-refractivity contribution in [3.05, 3.63) is 269 Å². The molecule has 61 heavy (non-hydrogen) atoms. The molecule has 13 rings (SSSR count). The minimum Gasteiger partial charge on any atom is -0.309 e. The van der Waals surface area contributed by atoms with Crippen molar-refractivity contribution >= 4 is 32.6 Å². The Hall–Kier alpha value is -7.74. The monoisotopic (exact) mass is 773 g/mol. The van der Waals surface area contributed by atoms with E-state index in [1.54, 1.807) is 0 Å². The average Bonchev–Trinajstić information content (AvgIpc) is 3.96. The highest BCUT2D eigenvalue weighted by molar-refractivity contribution is 6.11. The molecule has 0 radical (unpaired) electrons. The van der Waals surface area contributed by atoms with Gasteiger partial charge in [0.2, 0.25) is 0 Å². The molecule has 2 aliphatic carbocycles. The number of fused-ring (bicyclic) bond motifs is 11. The van der Waals surface area contributed by atoms with Gasteiger partial charge in [-0.25, -0.2) is 0 Å². The summed E-state index contributed by atoms with van der Waals surface area (Å²) in [7, 11) is 0. The molecule has 10 aromatic carbocycles. The summed E-state index contributed by atoms with van der Waals surface area (Å²) in [6.07, 6.45) is 0. The zero-order chi connectivity index (χ0) is 40.1. The molecule has 2 aliphatic rings. The third kappa shape index (κ3) is 4.83. The van der Waals surface area contributed by atoms with E-state index in [-0.39, 0.29) is 5.92 Å². The van der Waals surface area contributed by atoms with E-state index in [0.29, 0.717) is 0 Å². The van der Waals surface area contributed by atoms with Gasteiger partial charge >= 0.3 is 0 Å². The maximum Gasteiger partial charge on any atom is 0.0713 e. The first-order chi connectivity index (χ1) is 30.3. The van der Waals surface area contributed by atoms with Crippen LogP contribution in [-0.2, 0) is 5.41 Å². The number of aromatic nitrogens is 1. The van der Waals surface area contributed by atoms with E-state index in [1.807, 2.05) is 0 Å². The largest absolute Gasteiger partial charge is 0.309 e. The number of hydrogen-bond acceptors (Lipinski definition) is 0. The highest BCUT2D eigenvalue weighted by Gasteiger charge is 2.48. The molecule has 1 heterocycles. The van der Waals surface area contributed by atoms with E-state index in [0.717, 1.165) is 0 Å². The van der Waals surface area contributed by atoms with Gasteiger partial charge in [0.1, 0.15) is 0 Å². The van der Waals surface area contributed by atoms with Gasteiger partial charge in [-0.1, -0.05) is 194 Å². The zero-order valence-corrected chi connectivity index (χ0v) is 33.5. The third-order valence-corrected chi connectivity index (χ3v) is 13.7. The maximum absolute atomic E-state index is 2.50. The van der Waals surface area contributed by atoms with Crippen molar-refractivity contribution in [2.45, 2.75) is 11.3 Å². The van der Waals surface area contributed by atoms with Crippen LogP contribution in [0.4, 0.5) is 0 Å². The Morgan fingerprint density at radius 3 is 1.79 bits per heavy atom. The fourth-order valence-corrected chi connectivity index (χ4v) is 11.2. The summed E-state index contributed by atoms with van der Waals surface area (Å²) >= 11 is 0. The van der Waals surface area contributed by atoms with Crippen molar-refractivity contribution < 1.29 is 0 Å². The Morgan fingerprint density at radius 2 is 0.984 bits per heavy atom. The van der Waals surface area contributed by atoms with Gasteiger partial charge < -0.3 is 4.57 Å². The van der Waals surface area contributed by atoms with Crippen LogP contribution in [0.5, 0.6) is 0 Å². The summed E-state index contributed by atoms with van der Waals surface area (Å²) in [5.74, 6) is 0.0934. The molecule has 0 fully saturated rings. The smallest absolute Gasteiger partial charge is 0.0713 e. The Morgan fingerprint density at radius 1 is 0.361 bits per heavy atom. The minimum absolute atomic E-state index is 0.0934. The van der Waals surface area contributed by atoms with Gasteiger partial charge in [0.05, 0.1) is 16.4 Å². The van der Waals surface area contributed by atoms with Gasteiger partial charge in [-0.05, 0) is 119 Å². The van der Waals surface area contributed by atoms with Gasteiger partial charge in [0.25, 0.3) is 0 Å². The topological polar surface area (TPSA) is 4.93 Å². The van der Waals surface area contributed by atoms with Crippen LogP contribution < -0.4 is 0 Å². The Balaban J connectivity index is 1.08. The first kappa shape index (κ1) is 34.2. The van der Waals surface area contributed by atoms with Gasteiger partial charge in [-0.15, -0.1) is 0 Å². The molecule has 0 saturated heterocycles. The summed E-state index contributed by atoms with van der Waals surface area (Å²) in [5.41, 5.74) is 20.2. The predicted octanol–water partition coefficient (Wildman–Crippen LogP) is 15.1. The summed E-state index contributed by atoms with van der Waals surface area (Å²) in [6.45, 7) is 0. The minimum atomic E-state index is -0.472. The standard InChI is InChI=1S/C60H39N/c1-4-18-44(19-5-1)60(45-20-6-2-7-21-45)53-26-14-12-25-49(53)59-54(60)34-33-50-57(43-29-28-39-16-10-11-17-40(39)36-43)48-32-30-41(38-52(48)58(50)59)42-31-35-56-51(37-42)47-24-13-15-27-55(47)61(56)46-22-8-3-9-23-46/h1-38,57H. The number of rotatable bonds is 5. The Kier molecular flexibility index (Phi) is 7.35. The van der Waals surface area contributed by atoms with Crippen LogP contribution >= 0.6 is 0 Å². The summed E-state index contributed by atoms with van der Waals surface area (Å²) in [5, 5.41) is 5.06. The third-order valence-electron chi connectivity index (χ3n) is 13.7. The van der Waals surface area contributed by atoms with Crippen LogP contribution in [0.2, 0.25) is 0 Å². The van der Waals surface area contributed by atoms with Gasteiger partial charge in [0.15, 0.2) is 0 Å². The molecule has 0 saturated carbocycles. The Labute approximate surface area is 355 Å². The second kappa shape index (κ2) is 13.1. The Bertz CT molecular complexity index is 3480. The molecular weight excluding hydrogens is 735 g/mol. The summed E-state index contributed by atoms with van der Waals surface area (Å²) in [4.78, 5) is 0. The van der Waals surface area contributed by atoms with Crippen molar-refractivity contribution in [2.75, 3.05) is 0 Å². The van der Waals surface area contributed by atoms with Crippen molar-refractivity contribution in [3.63, 3.8) is 0 Å². The van der Waals surface area contributed by atoms with Crippen molar-refractivity contribution in [1.29, 1.82) is 0 Å². The number of hydrogen-bond donors (Lipinski definition) is 0. The fraction of sp³-hybridized carbons (Fsp3) is 0.0333. The van der Waals surface area contributed by atoms with E-state index in [4.69, 9.17) is 0 Å². The molecule has 0 amide bonds. The van der Waals surface area contributed by atoms with Crippen LogP contribution in [-0.4, -0.2) is 4.57 Å². The molecule has 0 N–H and O–H groups in total. The van der Waals surface area contributed by atoms with Gasteiger partial charge in [-0.3, -0.25) is 0 Å². The van der Waals surface area contributed by atoms with Crippen LogP contribution in [0.1, 0.15) is 44.9 Å². The average molecular weight is 774 g/mol. The summed E-state index contributed by atoms with van der Waals surface area (Å²) < 4.78 is 2.40. The molecule has 0 spiro atoms. The first-order valence-corrected chi connectivity index (χ1v) is 21.4. The molecule has 1 unspecified atom stereocenters. The lowest BCUT2D eigenvalue weighted by atomic mass is 9.67. The van der Waals surface area contributed by atoms with Crippen molar-refractivity contribution in [3.8, 4) is 39.1 Å². The predicted molar refractivity (Wildman–Crippen MR) is 254 cm³/mol. The molecule has 1 nitrogen and oxygen atoms in total. The van der Waals surface area contributed by atoms with Crippen molar-refractivity contribution in [2.24, 2.45) is 0 Å². The lowest BCUT2D eigenvalue weighted by Crippen LogP contribution is -2.28. The highest BCUT2D eigenvalue weighted by atomic mass is 15.0. The second-order valence-corrected chi connectivity index (χ2v) is 16.7. The van der Waals surface area contributed by atoms with Crippen LogP contribution in [0.15, 0.2) is 231 Å². The number of para-hydroxylation sites is 2. The van der Waals surface area contributed by atoms with E-state index >= 15 is 0 Å². The van der Waals surface area contributed by atoms with Gasteiger partial charge in [0, 0.05) is 22.4 Å². The first-order valence-electron chi connectivity index (χ1n) is 21.4. The normalized spacial score (nSPS) is 14.5. The number of nitrogens with zero attached hydrogens (tertiary/aromatic N) is 1. The van der Waals surface area contributed by atoms with Crippen molar-refractivity contribution in [1.82, 2.24) is 4.57 Å². The van der Waals surface area contributed by atoms with Crippen LogP contribution in [0.25, 0.3) is 71.6 Å². The molecule has 0 aliphatic heterocycles. The van der Waals surface area contributed by atoms with Crippen LogP contribution in [0.3, 0.4) is 0 Å².